The highest BCUT2D eigenvalue weighted by Gasteiger charge is 2.22. The Bertz CT molecular complexity index is 1010. The first-order chi connectivity index (χ1) is 11.5. The van der Waals surface area contributed by atoms with Gasteiger partial charge in [-0.25, -0.2) is 4.98 Å². The van der Waals surface area contributed by atoms with Crippen LogP contribution in [0.5, 0.6) is 0 Å². The molecule has 4 heterocycles. The first-order valence-electron chi connectivity index (χ1n) is 7.30. The first kappa shape index (κ1) is 14.6. The van der Waals surface area contributed by atoms with Crippen LogP contribution in [0.15, 0.2) is 16.8 Å². The summed E-state index contributed by atoms with van der Waals surface area (Å²) in [7, 11) is 0. The molecular formula is C15H15N7OS. The predicted octanol–water partition coefficient (Wildman–Crippen LogP) is 2.44. The Morgan fingerprint density at radius 1 is 1.21 bits per heavy atom. The molecule has 8 nitrogen and oxygen atoms in total. The molecule has 0 bridgehead atoms. The van der Waals surface area contributed by atoms with E-state index in [4.69, 9.17) is 16.0 Å². The van der Waals surface area contributed by atoms with Gasteiger partial charge in [-0.15, -0.1) is 11.3 Å². The number of aromatic amines is 1. The highest BCUT2D eigenvalue weighted by molar-refractivity contribution is 7.23. The largest absolute Gasteiger partial charge is 0.382 e. The molecule has 0 unspecified atom stereocenters. The monoisotopic (exact) mass is 341 g/mol. The van der Waals surface area contributed by atoms with Crippen LogP contribution in [0.2, 0.25) is 0 Å². The number of thiophene rings is 1. The zero-order chi connectivity index (χ0) is 16.8. The van der Waals surface area contributed by atoms with E-state index in [1.54, 1.807) is 6.20 Å². The van der Waals surface area contributed by atoms with Crippen LogP contribution in [0.1, 0.15) is 22.6 Å². The van der Waals surface area contributed by atoms with Crippen molar-refractivity contribution in [3.05, 3.63) is 34.8 Å². The molecule has 0 amide bonds. The maximum atomic E-state index is 6.05. The summed E-state index contributed by atoms with van der Waals surface area (Å²) in [6.45, 7) is 3.82. The number of nitrogens with one attached hydrogen (secondary N) is 1. The number of nitrogen functional groups attached to an aromatic ring is 2. The summed E-state index contributed by atoms with van der Waals surface area (Å²) in [5, 5.41) is 11.1. The second kappa shape index (κ2) is 5.31. The smallest absolute Gasteiger partial charge is 0.222 e. The zero-order valence-corrected chi connectivity index (χ0v) is 13.9. The summed E-state index contributed by atoms with van der Waals surface area (Å²) in [5.74, 6) is 1.33. The third-order valence-electron chi connectivity index (χ3n) is 3.95. The van der Waals surface area contributed by atoms with Crippen LogP contribution in [0.25, 0.3) is 20.8 Å². The molecule has 122 valence electrons. The van der Waals surface area contributed by atoms with Crippen molar-refractivity contribution in [2.45, 2.75) is 20.3 Å². The Labute approximate surface area is 140 Å². The van der Waals surface area contributed by atoms with Crippen molar-refractivity contribution in [3.8, 4) is 10.6 Å². The molecule has 4 rings (SSSR count). The minimum atomic E-state index is 0.161. The van der Waals surface area contributed by atoms with Gasteiger partial charge in [-0.2, -0.15) is 10.1 Å². The summed E-state index contributed by atoms with van der Waals surface area (Å²) in [6, 6.07) is 1.91. The van der Waals surface area contributed by atoms with Crippen LogP contribution in [0, 0.1) is 13.8 Å². The molecule has 4 aromatic heterocycles. The van der Waals surface area contributed by atoms with Gasteiger partial charge in [0.1, 0.15) is 11.6 Å². The first-order valence-corrected chi connectivity index (χ1v) is 8.12. The lowest BCUT2D eigenvalue weighted by Crippen LogP contribution is -2.00. The highest BCUT2D eigenvalue weighted by Crippen LogP contribution is 2.40. The molecule has 9 heteroatoms. The van der Waals surface area contributed by atoms with Crippen LogP contribution in [0.3, 0.4) is 0 Å². The van der Waals surface area contributed by atoms with Crippen molar-refractivity contribution in [2.24, 2.45) is 0 Å². The fourth-order valence-electron chi connectivity index (χ4n) is 2.76. The van der Waals surface area contributed by atoms with E-state index in [0.717, 1.165) is 43.4 Å². The molecule has 0 aliphatic rings. The third-order valence-corrected chi connectivity index (χ3v) is 5.23. The van der Waals surface area contributed by atoms with Crippen LogP contribution in [-0.4, -0.2) is 25.3 Å². The van der Waals surface area contributed by atoms with Crippen molar-refractivity contribution in [1.82, 2.24) is 25.3 Å². The Balaban J connectivity index is 1.99. The molecule has 0 fully saturated rings. The number of nitrogens with two attached hydrogens (primary N) is 2. The Morgan fingerprint density at radius 3 is 2.71 bits per heavy atom. The lowest BCUT2D eigenvalue weighted by Gasteiger charge is -2.04. The molecule has 0 saturated heterocycles. The van der Waals surface area contributed by atoms with Crippen LogP contribution >= 0.6 is 11.3 Å². The summed E-state index contributed by atoms with van der Waals surface area (Å²) >= 11 is 1.52. The third kappa shape index (κ3) is 2.21. The van der Waals surface area contributed by atoms with E-state index in [0.29, 0.717) is 12.2 Å². The van der Waals surface area contributed by atoms with Gasteiger partial charge in [0, 0.05) is 23.7 Å². The van der Waals surface area contributed by atoms with E-state index in [2.05, 4.69) is 25.3 Å². The van der Waals surface area contributed by atoms with E-state index in [1.807, 2.05) is 19.9 Å². The number of anilines is 2. The average molecular weight is 341 g/mol. The molecule has 0 saturated carbocycles. The van der Waals surface area contributed by atoms with Gasteiger partial charge in [-0.05, 0) is 19.9 Å². The van der Waals surface area contributed by atoms with Gasteiger partial charge in [-0.1, -0.05) is 5.16 Å². The van der Waals surface area contributed by atoms with E-state index < -0.39 is 0 Å². The van der Waals surface area contributed by atoms with E-state index in [9.17, 15) is 0 Å². The Hall–Kier alpha value is -2.94. The molecule has 0 aliphatic heterocycles. The fraction of sp³-hybridized carbons (Fsp3) is 0.200. The van der Waals surface area contributed by atoms with E-state index in [1.165, 1.54) is 11.3 Å². The summed E-state index contributed by atoms with van der Waals surface area (Å²) < 4.78 is 6.10. The quantitative estimate of drug-likeness (QED) is 0.521. The maximum absolute atomic E-state index is 6.05. The molecule has 0 radical (unpaired) electrons. The Morgan fingerprint density at radius 2 is 2.04 bits per heavy atom. The summed E-state index contributed by atoms with van der Waals surface area (Å²) in [6.07, 6.45) is 2.33. The van der Waals surface area contributed by atoms with Crippen molar-refractivity contribution in [3.63, 3.8) is 0 Å². The van der Waals surface area contributed by atoms with Crippen LogP contribution in [-0.2, 0) is 6.42 Å². The predicted molar refractivity (Wildman–Crippen MR) is 92.6 cm³/mol. The normalized spacial score (nSPS) is 11.4. The zero-order valence-electron chi connectivity index (χ0n) is 13.1. The summed E-state index contributed by atoms with van der Waals surface area (Å²) in [4.78, 5) is 9.49. The molecule has 0 spiro atoms. The number of nitrogens with zero attached hydrogens (tertiary/aromatic N) is 4. The second-order valence-electron chi connectivity index (χ2n) is 5.50. The number of hydrogen-bond donors (Lipinski definition) is 3. The number of H-pyrrole nitrogens is 1. The van der Waals surface area contributed by atoms with Gasteiger partial charge in [0.05, 0.1) is 26.5 Å². The Kier molecular flexibility index (Phi) is 3.24. The highest BCUT2D eigenvalue weighted by atomic mass is 32.1. The van der Waals surface area contributed by atoms with Crippen molar-refractivity contribution in [1.29, 1.82) is 0 Å². The lowest BCUT2D eigenvalue weighted by molar-refractivity contribution is 0.392. The van der Waals surface area contributed by atoms with Crippen LogP contribution in [0.4, 0.5) is 11.8 Å². The standard InChI is InChI=1S/C15H15N7OS/c1-6-8(7(2)23-22-6)5-9-11-13(14(16)20-15(17)19-11)24-12(9)10-3-4-18-21-10/h3-4H,5H2,1-2H3,(H,18,21)(H4,16,17,19,20). The molecule has 0 aromatic carbocycles. The minimum Gasteiger partial charge on any atom is -0.382 e. The second-order valence-corrected chi connectivity index (χ2v) is 6.52. The van der Waals surface area contributed by atoms with Crippen molar-refractivity contribution >= 4 is 33.3 Å². The van der Waals surface area contributed by atoms with Gasteiger partial charge in [0.15, 0.2) is 0 Å². The number of hydrogen-bond acceptors (Lipinski definition) is 8. The van der Waals surface area contributed by atoms with Gasteiger partial charge in [0.25, 0.3) is 0 Å². The van der Waals surface area contributed by atoms with E-state index in [-0.39, 0.29) is 5.95 Å². The molecular weight excluding hydrogens is 326 g/mol. The number of rotatable bonds is 3. The summed E-state index contributed by atoms with van der Waals surface area (Å²) in [5.41, 5.74) is 16.4. The minimum absolute atomic E-state index is 0.161. The maximum Gasteiger partial charge on any atom is 0.222 e. The lowest BCUT2D eigenvalue weighted by atomic mass is 10.0. The van der Waals surface area contributed by atoms with E-state index >= 15 is 0 Å². The van der Waals surface area contributed by atoms with Gasteiger partial charge in [0.2, 0.25) is 5.95 Å². The number of aromatic nitrogens is 5. The van der Waals surface area contributed by atoms with Crippen molar-refractivity contribution in [2.75, 3.05) is 11.5 Å². The van der Waals surface area contributed by atoms with Gasteiger partial charge >= 0.3 is 0 Å². The molecule has 5 N–H and O–H groups in total. The molecule has 24 heavy (non-hydrogen) atoms. The van der Waals surface area contributed by atoms with Crippen molar-refractivity contribution < 1.29 is 4.52 Å². The van der Waals surface area contributed by atoms with Gasteiger partial charge < -0.3 is 16.0 Å². The molecule has 0 aliphatic carbocycles. The van der Waals surface area contributed by atoms with Crippen LogP contribution < -0.4 is 11.5 Å². The SMILES string of the molecule is Cc1noc(C)c1Cc1c(-c2ccn[nH]2)sc2c(N)nc(N)nc12. The molecule has 0 atom stereocenters. The molecule has 4 aromatic rings. The number of aryl methyl sites for hydroxylation is 2. The van der Waals surface area contributed by atoms with Gasteiger partial charge in [-0.3, -0.25) is 5.10 Å². The fourth-order valence-corrected chi connectivity index (χ4v) is 3.89. The average Bonchev–Trinajstić information content (AvgIpc) is 3.23. The topological polar surface area (TPSA) is 133 Å². The number of fused-ring (bicyclic) bond motifs is 1.